The normalized spacial score (nSPS) is 12.5. The van der Waals surface area contributed by atoms with Crippen molar-refractivity contribution >= 4 is 16.7 Å². The summed E-state index contributed by atoms with van der Waals surface area (Å²) in [4.78, 5) is 4.69. The highest BCUT2D eigenvalue weighted by Gasteiger charge is 2.19. The van der Waals surface area contributed by atoms with Gasteiger partial charge < -0.3 is 20.9 Å². The van der Waals surface area contributed by atoms with Crippen LogP contribution in [0.2, 0.25) is 0 Å². The molecule has 0 amide bonds. The highest BCUT2D eigenvalue weighted by molar-refractivity contribution is 5.88. The molecule has 0 atom stereocenters. The largest absolute Gasteiger partial charge is 0.428 e. The van der Waals surface area contributed by atoms with E-state index < -0.39 is 0 Å². The number of hydrogen-bond acceptors (Lipinski definition) is 5. The average Bonchev–Trinajstić information content (AvgIpc) is 2.67. The summed E-state index contributed by atoms with van der Waals surface area (Å²) in [5, 5.41) is 31.3. The van der Waals surface area contributed by atoms with Gasteiger partial charge in [0.05, 0.1) is 11.9 Å². The second-order valence-electron chi connectivity index (χ2n) is 2.96. The van der Waals surface area contributed by atoms with Gasteiger partial charge >= 0.3 is 0 Å². The first-order valence-corrected chi connectivity index (χ1v) is 4.19. The predicted molar refractivity (Wildman–Crippen MR) is 50.5 cm³/mol. The molecule has 0 aliphatic heterocycles. The lowest BCUT2D eigenvalue weighted by atomic mass is 10.4. The molecule has 0 bridgehead atoms. The first-order chi connectivity index (χ1) is 7.11. The molecule has 8 heteroatoms. The fourth-order valence-electron chi connectivity index (χ4n) is 1.55. The summed E-state index contributed by atoms with van der Waals surface area (Å²) in [6.07, 6.45) is 1.37. The van der Waals surface area contributed by atoms with Crippen LogP contribution in [0.5, 0.6) is 0 Å². The molecule has 2 rings (SSSR count). The smallest absolute Gasteiger partial charge is 0.216 e. The van der Waals surface area contributed by atoms with E-state index in [1.807, 2.05) is 0 Å². The van der Waals surface area contributed by atoms with Gasteiger partial charge in [0, 0.05) is 14.1 Å². The lowest BCUT2D eigenvalue weighted by Crippen LogP contribution is -2.21. The first kappa shape index (κ1) is 9.31. The van der Waals surface area contributed by atoms with E-state index in [2.05, 4.69) is 10.3 Å². The van der Waals surface area contributed by atoms with Crippen molar-refractivity contribution in [3.63, 3.8) is 0 Å². The van der Waals surface area contributed by atoms with Crippen LogP contribution in [0.4, 0.5) is 5.69 Å². The summed E-state index contributed by atoms with van der Waals surface area (Å²) in [6.45, 7) is 0. The highest BCUT2D eigenvalue weighted by Crippen LogP contribution is 2.21. The Morgan fingerprint density at radius 1 is 1.20 bits per heavy atom. The third kappa shape index (κ3) is 0.981. The molecule has 2 heterocycles. The molecular formula is C7H11N5O3. The van der Waals surface area contributed by atoms with Crippen molar-refractivity contribution in [3.8, 4) is 0 Å². The van der Waals surface area contributed by atoms with Gasteiger partial charge in [-0.05, 0) is 0 Å². The molecule has 0 unspecified atom stereocenters. The number of hydrogen-bond donors (Lipinski definition) is 4. The Morgan fingerprint density at radius 2 is 1.87 bits per heavy atom. The van der Waals surface area contributed by atoms with Crippen molar-refractivity contribution in [2.75, 3.05) is 19.4 Å². The summed E-state index contributed by atoms with van der Waals surface area (Å²) in [5.74, 6) is 0. The van der Waals surface area contributed by atoms with E-state index in [4.69, 9.17) is 0 Å². The molecule has 0 fully saturated rings. The number of nitrogens with zero attached hydrogens (tertiary/aromatic N) is 4. The SMILES string of the molecule is CN=c1c2c(c(NC)cn2O)n(O)n1O. The Hall–Kier alpha value is -2.25. The number of nitrogens with one attached hydrogen (secondary N) is 1. The Bertz CT molecular complexity index is 575. The van der Waals surface area contributed by atoms with Crippen molar-refractivity contribution in [2.45, 2.75) is 0 Å². The highest BCUT2D eigenvalue weighted by atomic mass is 16.6. The van der Waals surface area contributed by atoms with E-state index in [9.17, 15) is 15.6 Å². The van der Waals surface area contributed by atoms with Crippen molar-refractivity contribution in [1.29, 1.82) is 0 Å². The molecule has 0 aliphatic carbocycles. The van der Waals surface area contributed by atoms with Gasteiger partial charge in [0.15, 0.2) is 11.0 Å². The summed E-state index contributed by atoms with van der Waals surface area (Å²) in [5.41, 5.74) is 0.971. The maximum atomic E-state index is 9.54. The number of aromatic nitrogens is 3. The van der Waals surface area contributed by atoms with E-state index >= 15 is 0 Å². The van der Waals surface area contributed by atoms with Gasteiger partial charge in [0.2, 0.25) is 5.49 Å². The quantitative estimate of drug-likeness (QED) is 0.481. The molecule has 82 valence electrons. The number of anilines is 1. The number of rotatable bonds is 1. The van der Waals surface area contributed by atoms with Gasteiger partial charge in [-0.25, -0.2) is 0 Å². The summed E-state index contributed by atoms with van der Waals surface area (Å²) in [6, 6.07) is 0. The lowest BCUT2D eigenvalue weighted by Gasteiger charge is -1.99. The molecule has 4 N–H and O–H groups in total. The van der Waals surface area contributed by atoms with E-state index in [1.54, 1.807) is 7.05 Å². The van der Waals surface area contributed by atoms with E-state index in [0.717, 1.165) is 4.73 Å². The zero-order valence-electron chi connectivity index (χ0n) is 8.21. The summed E-state index contributed by atoms with van der Waals surface area (Å²) in [7, 11) is 3.07. The Balaban J connectivity index is 3.06. The minimum absolute atomic E-state index is 0.0523. The first-order valence-electron chi connectivity index (χ1n) is 4.19. The van der Waals surface area contributed by atoms with Gasteiger partial charge in [0.1, 0.15) is 0 Å². The van der Waals surface area contributed by atoms with E-state index in [0.29, 0.717) is 15.4 Å². The standard InChI is InChI=1S/C7H11N5O3/c1-8-4-3-10(13)6-5(4)11(14)12(15)7(6)9-2/h3,8,13-15H,1-2H3. The Labute approximate surface area is 83.8 Å². The molecule has 0 saturated carbocycles. The van der Waals surface area contributed by atoms with Crippen molar-refractivity contribution in [2.24, 2.45) is 4.99 Å². The fraction of sp³-hybridized carbons (Fsp3) is 0.286. The van der Waals surface area contributed by atoms with Crippen LogP contribution in [-0.4, -0.2) is 44.1 Å². The molecule has 8 nitrogen and oxygen atoms in total. The topological polar surface area (TPSA) is 99.9 Å². The molecule has 0 aromatic carbocycles. The molecule has 0 saturated heterocycles. The van der Waals surface area contributed by atoms with Crippen LogP contribution in [0.15, 0.2) is 11.2 Å². The van der Waals surface area contributed by atoms with Crippen LogP contribution < -0.4 is 10.8 Å². The third-order valence-corrected chi connectivity index (χ3v) is 2.22. The molecular weight excluding hydrogens is 202 g/mol. The average molecular weight is 213 g/mol. The summed E-state index contributed by atoms with van der Waals surface area (Å²) >= 11 is 0. The predicted octanol–water partition coefficient (Wildman–Crippen LogP) is -0.472. The van der Waals surface area contributed by atoms with Crippen LogP contribution in [0.1, 0.15) is 0 Å². The molecule has 0 radical (unpaired) electrons. The molecule has 0 aliphatic rings. The van der Waals surface area contributed by atoms with Crippen LogP contribution in [-0.2, 0) is 0 Å². The molecule has 15 heavy (non-hydrogen) atoms. The van der Waals surface area contributed by atoms with Crippen LogP contribution >= 0.6 is 0 Å². The van der Waals surface area contributed by atoms with Gasteiger partial charge in [-0.1, -0.05) is 9.69 Å². The van der Waals surface area contributed by atoms with Crippen molar-refractivity contribution in [1.82, 2.24) is 14.4 Å². The van der Waals surface area contributed by atoms with E-state index in [1.165, 1.54) is 13.2 Å². The maximum Gasteiger partial charge on any atom is 0.216 e. The van der Waals surface area contributed by atoms with Gasteiger partial charge in [-0.3, -0.25) is 4.99 Å². The van der Waals surface area contributed by atoms with Gasteiger partial charge in [0.25, 0.3) is 0 Å². The third-order valence-electron chi connectivity index (χ3n) is 2.22. The summed E-state index contributed by atoms with van der Waals surface area (Å²) < 4.78 is 0.781. The molecule has 2 aromatic rings. The van der Waals surface area contributed by atoms with Crippen LogP contribution in [0.25, 0.3) is 11.0 Å². The van der Waals surface area contributed by atoms with Crippen LogP contribution in [0, 0.1) is 0 Å². The molecule has 0 spiro atoms. The Morgan fingerprint density at radius 3 is 2.40 bits per heavy atom. The lowest BCUT2D eigenvalue weighted by molar-refractivity contribution is -0.00968. The fourth-order valence-corrected chi connectivity index (χ4v) is 1.55. The minimum atomic E-state index is 0.0523. The minimum Gasteiger partial charge on any atom is -0.428 e. The van der Waals surface area contributed by atoms with Gasteiger partial charge in [-0.2, -0.15) is 4.73 Å². The zero-order valence-corrected chi connectivity index (χ0v) is 8.21. The van der Waals surface area contributed by atoms with E-state index in [-0.39, 0.29) is 16.5 Å². The second-order valence-corrected chi connectivity index (χ2v) is 2.96. The van der Waals surface area contributed by atoms with Gasteiger partial charge in [-0.15, -0.1) is 0 Å². The molecule has 2 aromatic heterocycles. The Kier molecular flexibility index (Phi) is 1.78. The monoisotopic (exact) mass is 213 g/mol. The van der Waals surface area contributed by atoms with Crippen molar-refractivity contribution < 1.29 is 15.6 Å². The maximum absolute atomic E-state index is 9.54. The zero-order chi connectivity index (χ0) is 11.2. The van der Waals surface area contributed by atoms with Crippen LogP contribution in [0.3, 0.4) is 0 Å². The second kappa shape index (κ2) is 2.87. The van der Waals surface area contributed by atoms with Crippen molar-refractivity contribution in [3.05, 3.63) is 11.7 Å². The number of fused-ring (bicyclic) bond motifs is 1.